The molecule has 0 saturated carbocycles. The highest BCUT2D eigenvalue weighted by Crippen LogP contribution is 2.36. The lowest BCUT2D eigenvalue weighted by molar-refractivity contribution is 0.0255. The number of aromatic amines is 1. The van der Waals surface area contributed by atoms with Crippen molar-refractivity contribution < 1.29 is 13.9 Å². The molecule has 124 valence electrons. The quantitative estimate of drug-likeness (QED) is 0.776. The van der Waals surface area contributed by atoms with E-state index in [4.69, 9.17) is 9.47 Å². The van der Waals surface area contributed by atoms with Crippen molar-refractivity contribution in [1.82, 2.24) is 15.3 Å². The summed E-state index contributed by atoms with van der Waals surface area (Å²) < 4.78 is 24.9. The maximum absolute atomic E-state index is 13.8. The van der Waals surface area contributed by atoms with Crippen LogP contribution in [0.3, 0.4) is 0 Å². The number of rotatable bonds is 3. The first kappa shape index (κ1) is 15.1. The summed E-state index contributed by atoms with van der Waals surface area (Å²) in [5, 5.41) is 4.24. The van der Waals surface area contributed by atoms with Gasteiger partial charge in [-0.25, -0.2) is 9.37 Å². The van der Waals surface area contributed by atoms with Crippen LogP contribution in [-0.2, 0) is 4.74 Å². The number of H-pyrrole nitrogens is 1. The molecule has 0 spiro atoms. The number of morpholine rings is 1. The number of nitrogens with one attached hydrogen (secondary N) is 2. The lowest BCUT2D eigenvalue weighted by atomic mass is 10.0. The van der Waals surface area contributed by atoms with Crippen molar-refractivity contribution in [1.29, 1.82) is 0 Å². The van der Waals surface area contributed by atoms with Crippen molar-refractivity contribution in [2.45, 2.75) is 6.10 Å². The van der Waals surface area contributed by atoms with Gasteiger partial charge in [-0.05, 0) is 35.9 Å². The fourth-order valence-corrected chi connectivity index (χ4v) is 3.11. The highest BCUT2D eigenvalue weighted by Gasteiger charge is 2.20. The zero-order chi connectivity index (χ0) is 16.5. The summed E-state index contributed by atoms with van der Waals surface area (Å²) in [6.07, 6.45) is 1.68. The van der Waals surface area contributed by atoms with Gasteiger partial charge in [-0.15, -0.1) is 0 Å². The fraction of sp³-hybridized carbons (Fsp3) is 0.278. The van der Waals surface area contributed by atoms with Gasteiger partial charge in [0.15, 0.2) is 0 Å². The van der Waals surface area contributed by atoms with Gasteiger partial charge in [-0.3, -0.25) is 0 Å². The smallest absolute Gasteiger partial charge is 0.138 e. The number of halogens is 1. The van der Waals surface area contributed by atoms with Crippen molar-refractivity contribution in [3.63, 3.8) is 0 Å². The van der Waals surface area contributed by atoms with Crippen LogP contribution in [0, 0.1) is 5.82 Å². The largest absolute Gasteiger partial charge is 0.496 e. The van der Waals surface area contributed by atoms with Crippen LogP contribution in [0.1, 0.15) is 11.8 Å². The van der Waals surface area contributed by atoms with Crippen LogP contribution in [0.5, 0.6) is 5.75 Å². The standard InChI is InChI=1S/C18H18FN3O2/c1-23-16-3-2-11(19)8-13(16)12-4-5-21-18-14(12)9-15(22-18)17-10-20-6-7-24-17/h2-5,8-9,17,20H,6-7,10H2,1H3,(H,21,22)/t17-/m0/s1. The molecule has 5 nitrogen and oxygen atoms in total. The van der Waals surface area contributed by atoms with Crippen molar-refractivity contribution in [3.05, 3.63) is 48.0 Å². The van der Waals surface area contributed by atoms with Gasteiger partial charge in [0.05, 0.1) is 13.7 Å². The Morgan fingerprint density at radius 3 is 2.96 bits per heavy atom. The van der Waals surface area contributed by atoms with Crippen LogP contribution in [0.25, 0.3) is 22.2 Å². The van der Waals surface area contributed by atoms with Gasteiger partial charge in [-0.1, -0.05) is 0 Å². The minimum Gasteiger partial charge on any atom is -0.496 e. The second-order valence-corrected chi connectivity index (χ2v) is 5.75. The van der Waals surface area contributed by atoms with Gasteiger partial charge < -0.3 is 19.8 Å². The number of aromatic nitrogens is 2. The van der Waals surface area contributed by atoms with E-state index >= 15 is 0 Å². The average Bonchev–Trinajstić information content (AvgIpc) is 3.06. The minimum absolute atomic E-state index is 0.0322. The summed E-state index contributed by atoms with van der Waals surface area (Å²) in [5.74, 6) is 0.327. The van der Waals surface area contributed by atoms with Crippen molar-refractivity contribution in [2.75, 3.05) is 26.8 Å². The number of pyridine rings is 1. The van der Waals surface area contributed by atoms with Gasteiger partial charge in [0.2, 0.25) is 0 Å². The number of hydrogen-bond acceptors (Lipinski definition) is 4. The van der Waals surface area contributed by atoms with E-state index < -0.39 is 0 Å². The summed E-state index contributed by atoms with van der Waals surface area (Å²) in [4.78, 5) is 7.71. The molecule has 1 aliphatic heterocycles. The van der Waals surface area contributed by atoms with E-state index in [1.807, 2.05) is 12.1 Å². The zero-order valence-electron chi connectivity index (χ0n) is 13.3. The molecule has 24 heavy (non-hydrogen) atoms. The summed E-state index contributed by atoms with van der Waals surface area (Å²) in [7, 11) is 1.58. The molecule has 3 heterocycles. The van der Waals surface area contributed by atoms with Crippen LogP contribution in [0.2, 0.25) is 0 Å². The second-order valence-electron chi connectivity index (χ2n) is 5.75. The number of fused-ring (bicyclic) bond motifs is 1. The highest BCUT2D eigenvalue weighted by molar-refractivity contribution is 5.95. The maximum atomic E-state index is 13.8. The molecule has 0 aliphatic carbocycles. The molecule has 1 fully saturated rings. The molecule has 3 aromatic rings. The van der Waals surface area contributed by atoms with E-state index in [2.05, 4.69) is 15.3 Å². The molecule has 1 aliphatic rings. The Kier molecular flexibility index (Phi) is 3.92. The molecule has 1 aromatic carbocycles. The van der Waals surface area contributed by atoms with Crippen LogP contribution < -0.4 is 10.1 Å². The highest BCUT2D eigenvalue weighted by atomic mass is 19.1. The lowest BCUT2D eigenvalue weighted by Crippen LogP contribution is -2.33. The molecule has 0 unspecified atom stereocenters. The first-order chi connectivity index (χ1) is 11.8. The predicted octanol–water partition coefficient (Wildman–Crippen LogP) is 3.04. The summed E-state index contributed by atoms with van der Waals surface area (Å²) in [5.41, 5.74) is 3.30. The first-order valence-electron chi connectivity index (χ1n) is 7.90. The lowest BCUT2D eigenvalue weighted by Gasteiger charge is -2.22. The zero-order valence-corrected chi connectivity index (χ0v) is 13.3. The molecule has 0 amide bonds. The van der Waals surface area contributed by atoms with Crippen LogP contribution in [0.4, 0.5) is 4.39 Å². The molecule has 4 rings (SSSR count). The number of hydrogen-bond donors (Lipinski definition) is 2. The fourth-order valence-electron chi connectivity index (χ4n) is 3.11. The minimum atomic E-state index is -0.300. The second kappa shape index (κ2) is 6.22. The molecule has 2 N–H and O–H groups in total. The third-order valence-electron chi connectivity index (χ3n) is 4.28. The monoisotopic (exact) mass is 327 g/mol. The predicted molar refractivity (Wildman–Crippen MR) is 89.6 cm³/mol. The molecule has 0 bridgehead atoms. The Bertz CT molecular complexity index is 872. The van der Waals surface area contributed by atoms with Crippen LogP contribution >= 0.6 is 0 Å². The summed E-state index contributed by atoms with van der Waals surface area (Å²) >= 11 is 0. The van der Waals surface area contributed by atoms with E-state index in [0.717, 1.165) is 35.4 Å². The van der Waals surface area contributed by atoms with E-state index in [1.54, 1.807) is 19.4 Å². The van der Waals surface area contributed by atoms with Gasteiger partial charge in [0.1, 0.15) is 23.3 Å². The van der Waals surface area contributed by atoms with Crippen molar-refractivity contribution >= 4 is 11.0 Å². The van der Waals surface area contributed by atoms with Crippen LogP contribution in [-0.4, -0.2) is 36.8 Å². The number of ether oxygens (including phenoxy) is 2. The number of benzene rings is 1. The third-order valence-corrected chi connectivity index (χ3v) is 4.28. The Morgan fingerprint density at radius 1 is 1.25 bits per heavy atom. The molecule has 0 radical (unpaired) electrons. The normalized spacial score (nSPS) is 18.0. The average molecular weight is 327 g/mol. The molecular formula is C18H18FN3O2. The molecular weight excluding hydrogens is 309 g/mol. The SMILES string of the molecule is COc1ccc(F)cc1-c1ccnc2[nH]c([C@@H]3CNCCO3)cc12. The van der Waals surface area contributed by atoms with Gasteiger partial charge in [0.25, 0.3) is 0 Å². The Hall–Kier alpha value is -2.44. The van der Waals surface area contributed by atoms with Crippen LogP contribution in [0.15, 0.2) is 36.5 Å². The Morgan fingerprint density at radius 2 is 2.17 bits per heavy atom. The molecule has 2 aromatic heterocycles. The van der Waals surface area contributed by atoms with Crippen molar-refractivity contribution in [2.24, 2.45) is 0 Å². The summed E-state index contributed by atoms with van der Waals surface area (Å²) in [6.45, 7) is 2.30. The molecule has 1 saturated heterocycles. The maximum Gasteiger partial charge on any atom is 0.138 e. The van der Waals surface area contributed by atoms with E-state index in [-0.39, 0.29) is 11.9 Å². The number of methoxy groups -OCH3 is 1. The Labute approximate surface area is 138 Å². The topological polar surface area (TPSA) is 59.2 Å². The van der Waals surface area contributed by atoms with Crippen molar-refractivity contribution in [3.8, 4) is 16.9 Å². The van der Waals surface area contributed by atoms with Gasteiger partial charge in [0, 0.05) is 35.9 Å². The van der Waals surface area contributed by atoms with E-state index in [9.17, 15) is 4.39 Å². The van der Waals surface area contributed by atoms with Gasteiger partial charge in [-0.2, -0.15) is 0 Å². The summed E-state index contributed by atoms with van der Waals surface area (Å²) in [6, 6.07) is 8.42. The molecule has 1 atom stereocenters. The third kappa shape index (κ3) is 2.64. The number of nitrogens with zero attached hydrogens (tertiary/aromatic N) is 1. The molecule has 6 heteroatoms. The Balaban J connectivity index is 1.84. The van der Waals surface area contributed by atoms with Gasteiger partial charge >= 0.3 is 0 Å². The van der Waals surface area contributed by atoms with E-state index in [0.29, 0.717) is 17.9 Å². The van der Waals surface area contributed by atoms with E-state index in [1.165, 1.54) is 12.1 Å². The first-order valence-corrected chi connectivity index (χ1v) is 7.90.